The van der Waals surface area contributed by atoms with E-state index < -0.39 is 11.6 Å². The average molecular weight is 410 g/mol. The largest absolute Gasteiger partial charge is 0.351 e. The van der Waals surface area contributed by atoms with Crippen LogP contribution in [0.25, 0.3) is 11.3 Å². The standard InChI is InChI=1S/C18H21Cl2N5O2/c1-18(2,3)22-16(26)14-13-9-24(17(21)27)6-7-25(13)23-15(14)10-4-5-11(19)12(20)8-10/h4-5,8H,6-7,9H2,1-3H3,(H2,21,27)(H,22,26). The molecule has 1 aliphatic heterocycles. The van der Waals surface area contributed by atoms with Gasteiger partial charge in [0, 0.05) is 17.6 Å². The summed E-state index contributed by atoms with van der Waals surface area (Å²) >= 11 is 12.2. The van der Waals surface area contributed by atoms with Crippen LogP contribution in [0.4, 0.5) is 4.79 Å². The lowest BCUT2D eigenvalue weighted by Gasteiger charge is -2.27. The van der Waals surface area contributed by atoms with E-state index in [1.54, 1.807) is 22.9 Å². The minimum Gasteiger partial charge on any atom is -0.351 e. The van der Waals surface area contributed by atoms with E-state index in [4.69, 9.17) is 28.9 Å². The van der Waals surface area contributed by atoms with Gasteiger partial charge >= 0.3 is 6.03 Å². The zero-order valence-corrected chi connectivity index (χ0v) is 16.9. The molecule has 0 aliphatic carbocycles. The Balaban J connectivity index is 2.14. The fourth-order valence-corrected chi connectivity index (χ4v) is 3.29. The number of nitrogens with one attached hydrogen (secondary N) is 1. The molecule has 1 aromatic heterocycles. The molecule has 3 N–H and O–H groups in total. The fourth-order valence-electron chi connectivity index (χ4n) is 2.99. The highest BCUT2D eigenvalue weighted by molar-refractivity contribution is 6.42. The molecule has 3 rings (SSSR count). The number of carbonyl (C=O) groups excluding carboxylic acids is 2. The van der Waals surface area contributed by atoms with E-state index in [-0.39, 0.29) is 12.5 Å². The molecule has 3 amide bonds. The first-order chi connectivity index (χ1) is 12.6. The summed E-state index contributed by atoms with van der Waals surface area (Å²) in [5, 5.41) is 8.38. The summed E-state index contributed by atoms with van der Waals surface area (Å²) in [7, 11) is 0. The molecule has 0 radical (unpaired) electrons. The number of urea groups is 1. The molecular formula is C18H21Cl2N5O2. The second-order valence-corrected chi connectivity index (χ2v) is 8.30. The number of halogens is 2. The Labute approximate surface area is 167 Å². The van der Waals surface area contributed by atoms with E-state index in [9.17, 15) is 9.59 Å². The maximum Gasteiger partial charge on any atom is 0.315 e. The van der Waals surface area contributed by atoms with Crippen LogP contribution in [0.3, 0.4) is 0 Å². The molecule has 0 bridgehead atoms. The molecule has 0 atom stereocenters. The molecule has 0 spiro atoms. The third kappa shape index (κ3) is 4.04. The van der Waals surface area contributed by atoms with Crippen molar-refractivity contribution in [3.05, 3.63) is 39.5 Å². The van der Waals surface area contributed by atoms with Crippen LogP contribution in [0.15, 0.2) is 18.2 Å². The number of primary amides is 1. The Bertz CT molecular complexity index is 917. The van der Waals surface area contributed by atoms with Gasteiger partial charge in [-0.2, -0.15) is 5.10 Å². The maximum atomic E-state index is 13.1. The zero-order valence-electron chi connectivity index (χ0n) is 15.3. The van der Waals surface area contributed by atoms with Crippen molar-refractivity contribution in [2.24, 2.45) is 5.73 Å². The fraction of sp³-hybridized carbons (Fsp3) is 0.389. The third-order valence-electron chi connectivity index (χ3n) is 4.20. The van der Waals surface area contributed by atoms with E-state index in [2.05, 4.69) is 10.4 Å². The van der Waals surface area contributed by atoms with Crippen LogP contribution in [-0.4, -0.2) is 38.7 Å². The topological polar surface area (TPSA) is 93.2 Å². The summed E-state index contributed by atoms with van der Waals surface area (Å²) in [6.07, 6.45) is 0. The van der Waals surface area contributed by atoms with Crippen LogP contribution in [0.1, 0.15) is 36.8 Å². The lowest BCUT2D eigenvalue weighted by atomic mass is 10.0. The quantitative estimate of drug-likeness (QED) is 0.796. The predicted octanol–water partition coefficient (Wildman–Crippen LogP) is 3.28. The number of nitrogens with two attached hydrogens (primary N) is 1. The van der Waals surface area contributed by atoms with Crippen molar-refractivity contribution in [3.8, 4) is 11.3 Å². The Morgan fingerprint density at radius 3 is 2.48 bits per heavy atom. The molecule has 1 aliphatic rings. The Morgan fingerprint density at radius 2 is 1.89 bits per heavy atom. The van der Waals surface area contributed by atoms with Crippen molar-refractivity contribution in [3.63, 3.8) is 0 Å². The lowest BCUT2D eigenvalue weighted by Crippen LogP contribution is -2.44. The number of carbonyl (C=O) groups is 2. The molecule has 0 saturated heterocycles. The first kappa shape index (κ1) is 19.5. The van der Waals surface area contributed by atoms with E-state index in [0.717, 1.165) is 0 Å². The van der Waals surface area contributed by atoms with Gasteiger partial charge < -0.3 is 16.0 Å². The summed E-state index contributed by atoms with van der Waals surface area (Å²) in [5.74, 6) is -0.267. The van der Waals surface area contributed by atoms with Crippen LogP contribution in [0, 0.1) is 0 Å². The highest BCUT2D eigenvalue weighted by atomic mass is 35.5. The molecule has 7 nitrogen and oxygen atoms in total. The summed E-state index contributed by atoms with van der Waals surface area (Å²) in [6, 6.07) is 4.58. The van der Waals surface area contributed by atoms with Crippen LogP contribution in [-0.2, 0) is 13.1 Å². The van der Waals surface area contributed by atoms with Gasteiger partial charge in [0.25, 0.3) is 5.91 Å². The second kappa shape index (κ2) is 7.05. The molecule has 144 valence electrons. The van der Waals surface area contributed by atoms with E-state index in [1.165, 1.54) is 4.90 Å². The van der Waals surface area contributed by atoms with E-state index in [1.807, 2.05) is 20.8 Å². The molecule has 9 heteroatoms. The Morgan fingerprint density at radius 1 is 1.19 bits per heavy atom. The average Bonchev–Trinajstić information content (AvgIpc) is 2.94. The van der Waals surface area contributed by atoms with E-state index in [0.29, 0.717) is 45.6 Å². The monoisotopic (exact) mass is 409 g/mol. The minimum absolute atomic E-state index is 0.219. The second-order valence-electron chi connectivity index (χ2n) is 7.49. The minimum atomic E-state index is -0.527. The summed E-state index contributed by atoms with van der Waals surface area (Å²) in [5.41, 5.74) is 7.23. The van der Waals surface area contributed by atoms with Gasteiger partial charge in [-0.1, -0.05) is 29.3 Å². The van der Waals surface area contributed by atoms with E-state index >= 15 is 0 Å². The zero-order chi connectivity index (χ0) is 19.9. The molecule has 27 heavy (non-hydrogen) atoms. The lowest BCUT2D eigenvalue weighted by molar-refractivity contribution is 0.0916. The number of fused-ring (bicyclic) bond motifs is 1. The van der Waals surface area contributed by atoms with Crippen molar-refractivity contribution in [1.82, 2.24) is 20.0 Å². The summed E-state index contributed by atoms with van der Waals surface area (Å²) < 4.78 is 1.74. The molecule has 2 heterocycles. The van der Waals surface area contributed by atoms with Gasteiger partial charge in [-0.05, 0) is 32.9 Å². The molecule has 1 aromatic carbocycles. The van der Waals surface area contributed by atoms with Crippen molar-refractivity contribution < 1.29 is 9.59 Å². The van der Waals surface area contributed by atoms with Gasteiger partial charge in [-0.25, -0.2) is 4.79 Å². The first-order valence-electron chi connectivity index (χ1n) is 8.49. The Kier molecular flexibility index (Phi) is 5.10. The predicted molar refractivity (Wildman–Crippen MR) is 105 cm³/mol. The van der Waals surface area contributed by atoms with Gasteiger partial charge in [0.1, 0.15) is 5.69 Å². The normalized spacial score (nSPS) is 14.0. The number of hydrogen-bond donors (Lipinski definition) is 2. The Hall–Kier alpha value is -2.25. The van der Waals surface area contributed by atoms with Gasteiger partial charge in [0.05, 0.1) is 34.4 Å². The molecule has 0 saturated carbocycles. The van der Waals surface area contributed by atoms with Crippen molar-refractivity contribution in [1.29, 1.82) is 0 Å². The smallest absolute Gasteiger partial charge is 0.315 e. The summed E-state index contributed by atoms with van der Waals surface area (Å²) in [6.45, 7) is 6.80. The van der Waals surface area contributed by atoms with Crippen LogP contribution in [0.5, 0.6) is 0 Å². The molecule has 0 unspecified atom stereocenters. The molecule has 0 fully saturated rings. The van der Waals surface area contributed by atoms with Crippen molar-refractivity contribution in [2.75, 3.05) is 6.54 Å². The van der Waals surface area contributed by atoms with Gasteiger partial charge in [0.15, 0.2) is 0 Å². The number of benzene rings is 1. The molecular weight excluding hydrogens is 389 g/mol. The highest BCUT2D eigenvalue weighted by Crippen LogP contribution is 2.32. The first-order valence-corrected chi connectivity index (χ1v) is 9.24. The third-order valence-corrected chi connectivity index (χ3v) is 4.94. The number of hydrogen-bond acceptors (Lipinski definition) is 3. The molecule has 2 aromatic rings. The van der Waals surface area contributed by atoms with Crippen molar-refractivity contribution >= 4 is 35.1 Å². The van der Waals surface area contributed by atoms with Crippen LogP contribution >= 0.6 is 23.2 Å². The van der Waals surface area contributed by atoms with Crippen LogP contribution in [0.2, 0.25) is 10.0 Å². The van der Waals surface area contributed by atoms with Gasteiger partial charge in [-0.15, -0.1) is 0 Å². The SMILES string of the molecule is CC(C)(C)NC(=O)c1c(-c2ccc(Cl)c(Cl)c2)nn2c1CN(C(N)=O)CC2. The van der Waals surface area contributed by atoms with Gasteiger partial charge in [0.2, 0.25) is 0 Å². The number of aromatic nitrogens is 2. The maximum absolute atomic E-state index is 13.1. The number of amides is 3. The number of nitrogens with zero attached hydrogens (tertiary/aromatic N) is 3. The number of rotatable bonds is 2. The summed E-state index contributed by atoms with van der Waals surface area (Å²) in [4.78, 5) is 26.2. The van der Waals surface area contributed by atoms with Gasteiger partial charge in [-0.3, -0.25) is 9.48 Å². The highest BCUT2D eigenvalue weighted by Gasteiger charge is 2.31. The van der Waals surface area contributed by atoms with Crippen molar-refractivity contribution in [2.45, 2.75) is 39.4 Å². The van der Waals surface area contributed by atoms with Crippen LogP contribution < -0.4 is 11.1 Å².